The Bertz CT molecular complexity index is 645. The summed E-state index contributed by atoms with van der Waals surface area (Å²) in [6, 6.07) is -0.122. The Balaban J connectivity index is 2.33. The zero-order chi connectivity index (χ0) is 18.3. The molecule has 0 saturated carbocycles. The maximum Gasteiger partial charge on any atom is 0.410 e. The van der Waals surface area contributed by atoms with Gasteiger partial charge in [-0.15, -0.1) is 0 Å². The first-order valence-corrected chi connectivity index (χ1v) is 7.83. The number of carbonyl (C=O) groups is 2. The number of ether oxygens (including phenoxy) is 2. The molecular weight excluding hydrogens is 314 g/mol. The number of hydrogen-bond acceptors (Lipinski definition) is 6. The summed E-state index contributed by atoms with van der Waals surface area (Å²) >= 11 is 0. The molecule has 24 heavy (non-hydrogen) atoms. The average molecular weight is 339 g/mol. The van der Waals surface area contributed by atoms with E-state index in [2.05, 4.69) is 9.84 Å². The standard InChI is InChI=1S/C16H25N3O5/c1-10-8-19-12(9-18(10)14(21)24-15(2,3)4)11(7-17-19)16(5,22)13(20)23-6/h7,10,22H,8-9H2,1-6H3/t10-,16?/m0/s1. The lowest BCUT2D eigenvalue weighted by Crippen LogP contribution is -2.48. The summed E-state index contributed by atoms with van der Waals surface area (Å²) in [6.07, 6.45) is 1.00. The van der Waals surface area contributed by atoms with Crippen molar-refractivity contribution in [2.45, 2.75) is 65.0 Å². The average Bonchev–Trinajstić information content (AvgIpc) is 2.86. The van der Waals surface area contributed by atoms with Crippen molar-refractivity contribution in [1.29, 1.82) is 0 Å². The maximum absolute atomic E-state index is 12.4. The predicted molar refractivity (Wildman–Crippen MR) is 85.1 cm³/mol. The smallest absolute Gasteiger partial charge is 0.410 e. The maximum atomic E-state index is 12.4. The highest BCUT2D eigenvalue weighted by Crippen LogP contribution is 2.30. The number of nitrogens with zero attached hydrogens (tertiary/aromatic N) is 3. The summed E-state index contributed by atoms with van der Waals surface area (Å²) in [4.78, 5) is 25.9. The molecule has 0 aliphatic carbocycles. The SMILES string of the molecule is COC(=O)C(C)(O)c1cnn2c1CN(C(=O)OC(C)(C)C)[C@@H](C)C2. The molecule has 1 N–H and O–H groups in total. The first kappa shape index (κ1) is 18.3. The monoisotopic (exact) mass is 339 g/mol. The van der Waals surface area contributed by atoms with Gasteiger partial charge in [-0.05, 0) is 34.6 Å². The molecule has 1 amide bonds. The lowest BCUT2D eigenvalue weighted by atomic mass is 9.95. The summed E-state index contributed by atoms with van der Waals surface area (Å²) in [5, 5.41) is 14.7. The van der Waals surface area contributed by atoms with Gasteiger partial charge in [-0.3, -0.25) is 9.58 Å². The van der Waals surface area contributed by atoms with Gasteiger partial charge in [-0.2, -0.15) is 5.10 Å². The van der Waals surface area contributed by atoms with E-state index in [4.69, 9.17) is 4.74 Å². The molecule has 0 saturated heterocycles. The van der Waals surface area contributed by atoms with E-state index >= 15 is 0 Å². The van der Waals surface area contributed by atoms with Crippen LogP contribution < -0.4 is 0 Å². The van der Waals surface area contributed by atoms with Gasteiger partial charge in [-0.1, -0.05) is 0 Å². The van der Waals surface area contributed by atoms with Gasteiger partial charge >= 0.3 is 12.1 Å². The van der Waals surface area contributed by atoms with Crippen molar-refractivity contribution in [3.05, 3.63) is 17.5 Å². The number of aromatic nitrogens is 2. The van der Waals surface area contributed by atoms with Crippen molar-refractivity contribution in [2.24, 2.45) is 0 Å². The second kappa shape index (κ2) is 6.08. The van der Waals surface area contributed by atoms with E-state index in [1.807, 2.05) is 6.92 Å². The summed E-state index contributed by atoms with van der Waals surface area (Å²) in [6.45, 7) is 9.30. The van der Waals surface area contributed by atoms with Gasteiger partial charge in [0.2, 0.25) is 0 Å². The molecule has 1 aromatic rings. The van der Waals surface area contributed by atoms with E-state index in [9.17, 15) is 14.7 Å². The van der Waals surface area contributed by atoms with Gasteiger partial charge in [0.05, 0.1) is 38.1 Å². The van der Waals surface area contributed by atoms with E-state index in [-0.39, 0.29) is 12.6 Å². The van der Waals surface area contributed by atoms with Crippen LogP contribution in [0.4, 0.5) is 4.79 Å². The molecular formula is C16H25N3O5. The second-order valence-corrected chi connectivity index (χ2v) is 7.21. The van der Waals surface area contributed by atoms with Crippen LogP contribution in [0.2, 0.25) is 0 Å². The zero-order valence-electron chi connectivity index (χ0n) is 15.0. The van der Waals surface area contributed by atoms with Gasteiger partial charge in [0, 0.05) is 5.56 Å². The summed E-state index contributed by atoms with van der Waals surface area (Å²) in [5.74, 6) is -0.777. The van der Waals surface area contributed by atoms with Crippen molar-refractivity contribution in [3.63, 3.8) is 0 Å². The third kappa shape index (κ3) is 3.38. The van der Waals surface area contributed by atoms with Crippen LogP contribution in [0.1, 0.15) is 45.9 Å². The molecule has 0 radical (unpaired) electrons. The predicted octanol–water partition coefficient (Wildman–Crippen LogP) is 1.40. The molecule has 2 atom stereocenters. The molecule has 8 nitrogen and oxygen atoms in total. The number of carbonyl (C=O) groups excluding carboxylic acids is 2. The van der Waals surface area contributed by atoms with Crippen molar-refractivity contribution in [1.82, 2.24) is 14.7 Å². The number of hydrogen-bond donors (Lipinski definition) is 1. The molecule has 0 aromatic carbocycles. The van der Waals surface area contributed by atoms with Crippen LogP contribution in [-0.2, 0) is 33.0 Å². The molecule has 0 spiro atoms. The molecule has 2 heterocycles. The van der Waals surface area contributed by atoms with Crippen molar-refractivity contribution in [3.8, 4) is 0 Å². The third-order valence-electron chi connectivity index (χ3n) is 3.97. The van der Waals surface area contributed by atoms with E-state index in [0.29, 0.717) is 17.8 Å². The van der Waals surface area contributed by atoms with Crippen LogP contribution in [-0.4, -0.2) is 50.6 Å². The summed E-state index contributed by atoms with van der Waals surface area (Å²) in [5.41, 5.74) is -1.51. The highest BCUT2D eigenvalue weighted by atomic mass is 16.6. The Hall–Kier alpha value is -2.09. The van der Waals surface area contributed by atoms with Crippen LogP contribution in [0.25, 0.3) is 0 Å². The Morgan fingerprint density at radius 3 is 2.50 bits per heavy atom. The number of amides is 1. The Kier molecular flexibility index (Phi) is 4.63. The van der Waals surface area contributed by atoms with Crippen molar-refractivity contribution < 1.29 is 24.2 Å². The summed E-state index contributed by atoms with van der Waals surface area (Å²) in [7, 11) is 1.21. The summed E-state index contributed by atoms with van der Waals surface area (Å²) < 4.78 is 11.8. The fraction of sp³-hybridized carbons (Fsp3) is 0.688. The highest BCUT2D eigenvalue weighted by Gasteiger charge is 2.41. The number of esters is 1. The normalized spacial score (nSPS) is 20.1. The van der Waals surface area contributed by atoms with Crippen LogP contribution in [0.3, 0.4) is 0 Å². The minimum absolute atomic E-state index is 0.122. The molecule has 1 aliphatic heterocycles. The van der Waals surface area contributed by atoms with Crippen molar-refractivity contribution >= 4 is 12.1 Å². The second-order valence-electron chi connectivity index (χ2n) is 7.21. The molecule has 2 rings (SSSR count). The first-order valence-electron chi connectivity index (χ1n) is 7.83. The van der Waals surface area contributed by atoms with Gasteiger partial charge in [-0.25, -0.2) is 9.59 Å². The van der Waals surface area contributed by atoms with Crippen LogP contribution in [0.15, 0.2) is 6.20 Å². The highest BCUT2D eigenvalue weighted by molar-refractivity contribution is 5.80. The fourth-order valence-electron chi connectivity index (χ4n) is 2.68. The fourth-order valence-corrected chi connectivity index (χ4v) is 2.68. The number of aliphatic hydroxyl groups is 1. The third-order valence-corrected chi connectivity index (χ3v) is 3.97. The zero-order valence-corrected chi connectivity index (χ0v) is 15.0. The van der Waals surface area contributed by atoms with Crippen LogP contribution in [0.5, 0.6) is 0 Å². The number of rotatable bonds is 2. The Morgan fingerprint density at radius 2 is 1.96 bits per heavy atom. The first-order chi connectivity index (χ1) is 11.0. The van der Waals surface area contributed by atoms with Gasteiger partial charge in [0.15, 0.2) is 5.60 Å². The Morgan fingerprint density at radius 1 is 1.33 bits per heavy atom. The molecule has 0 fully saturated rings. The quantitative estimate of drug-likeness (QED) is 0.819. The number of methoxy groups -OCH3 is 1. The molecule has 134 valence electrons. The molecule has 1 unspecified atom stereocenters. The topological polar surface area (TPSA) is 93.9 Å². The Labute approximate surface area is 141 Å². The molecule has 1 aliphatic rings. The minimum atomic E-state index is -1.83. The minimum Gasteiger partial charge on any atom is -0.467 e. The van der Waals surface area contributed by atoms with Crippen molar-refractivity contribution in [2.75, 3.05) is 7.11 Å². The lowest BCUT2D eigenvalue weighted by molar-refractivity contribution is -0.161. The van der Waals surface area contributed by atoms with Crippen LogP contribution in [0, 0.1) is 0 Å². The number of fused-ring (bicyclic) bond motifs is 1. The van der Waals surface area contributed by atoms with Gasteiger partial charge in [0.1, 0.15) is 5.60 Å². The lowest BCUT2D eigenvalue weighted by Gasteiger charge is -2.36. The largest absolute Gasteiger partial charge is 0.467 e. The van der Waals surface area contributed by atoms with Gasteiger partial charge in [0.25, 0.3) is 0 Å². The van der Waals surface area contributed by atoms with E-state index < -0.39 is 23.3 Å². The van der Waals surface area contributed by atoms with Gasteiger partial charge < -0.3 is 14.6 Å². The molecule has 8 heteroatoms. The molecule has 1 aromatic heterocycles. The molecule has 0 bridgehead atoms. The van der Waals surface area contributed by atoms with E-state index in [1.165, 1.54) is 20.2 Å². The van der Waals surface area contributed by atoms with E-state index in [1.54, 1.807) is 30.4 Å². The van der Waals surface area contributed by atoms with E-state index in [0.717, 1.165) is 0 Å². The van der Waals surface area contributed by atoms with Crippen LogP contribution >= 0.6 is 0 Å².